The highest BCUT2D eigenvalue weighted by Crippen LogP contribution is 2.35. The Morgan fingerprint density at radius 1 is 1.10 bits per heavy atom. The summed E-state index contributed by atoms with van der Waals surface area (Å²) in [6, 6.07) is 15.6. The third-order valence-corrected chi connectivity index (χ3v) is 7.99. The van der Waals surface area contributed by atoms with Crippen molar-refractivity contribution in [2.24, 2.45) is 0 Å². The smallest absolute Gasteiger partial charge is 0.434 e. The van der Waals surface area contributed by atoms with E-state index in [1.807, 2.05) is 31.2 Å². The SMILES string of the molecule is Cc1ccc(OCc2ccc3c(c2)CCN(S(C)(=O)=O)C3)c(-c2cccc(-n3ncc(C(=O)O)c3C(F)(F)F)n2)c1. The van der Waals surface area contributed by atoms with Crippen molar-refractivity contribution in [1.29, 1.82) is 0 Å². The molecule has 5 rings (SSSR count). The van der Waals surface area contributed by atoms with Crippen molar-refractivity contribution < 1.29 is 36.2 Å². The lowest BCUT2D eigenvalue weighted by molar-refractivity contribution is -0.143. The Kier molecular flexibility index (Phi) is 7.34. The summed E-state index contributed by atoms with van der Waals surface area (Å²) in [5.74, 6) is -1.50. The van der Waals surface area contributed by atoms with Crippen LogP contribution in [-0.4, -0.2) is 51.4 Å². The van der Waals surface area contributed by atoms with E-state index >= 15 is 0 Å². The molecule has 4 aromatic rings. The molecule has 0 unspecified atom stereocenters. The fraction of sp³-hybridized carbons (Fsp3) is 0.250. The minimum absolute atomic E-state index is 0.193. The van der Waals surface area contributed by atoms with Gasteiger partial charge in [0.1, 0.15) is 17.9 Å². The molecule has 41 heavy (non-hydrogen) atoms. The van der Waals surface area contributed by atoms with Crippen molar-refractivity contribution in [2.45, 2.75) is 32.7 Å². The predicted octanol–water partition coefficient (Wildman–Crippen LogP) is 4.86. The summed E-state index contributed by atoms with van der Waals surface area (Å²) in [7, 11) is -3.28. The molecule has 0 radical (unpaired) electrons. The third kappa shape index (κ3) is 5.95. The normalized spacial score (nSPS) is 14.1. The van der Waals surface area contributed by atoms with Crippen LogP contribution in [0, 0.1) is 6.92 Å². The number of carbonyl (C=O) groups is 1. The number of alkyl halides is 3. The number of sulfonamides is 1. The zero-order valence-corrected chi connectivity index (χ0v) is 22.8. The summed E-state index contributed by atoms with van der Waals surface area (Å²) in [5.41, 5.74) is 2.17. The Labute approximate surface area is 233 Å². The molecule has 0 atom stereocenters. The maximum absolute atomic E-state index is 13.8. The Bertz CT molecular complexity index is 1750. The number of benzene rings is 2. The molecule has 0 aliphatic carbocycles. The van der Waals surface area contributed by atoms with Crippen LogP contribution in [0.3, 0.4) is 0 Å². The van der Waals surface area contributed by atoms with Crippen molar-refractivity contribution >= 4 is 16.0 Å². The molecule has 0 amide bonds. The number of hydrogen-bond acceptors (Lipinski definition) is 6. The molecule has 9 nitrogen and oxygen atoms in total. The van der Waals surface area contributed by atoms with Crippen LogP contribution in [0.2, 0.25) is 0 Å². The summed E-state index contributed by atoms with van der Waals surface area (Å²) in [6.45, 7) is 2.77. The van der Waals surface area contributed by atoms with E-state index in [0.29, 0.717) is 47.4 Å². The van der Waals surface area contributed by atoms with Crippen LogP contribution in [0.5, 0.6) is 5.75 Å². The minimum Gasteiger partial charge on any atom is -0.488 e. The number of hydrogen-bond donors (Lipinski definition) is 1. The van der Waals surface area contributed by atoms with Crippen molar-refractivity contribution in [3.05, 3.63) is 94.3 Å². The van der Waals surface area contributed by atoms with E-state index in [1.54, 1.807) is 18.2 Å². The van der Waals surface area contributed by atoms with Crippen LogP contribution >= 0.6 is 0 Å². The van der Waals surface area contributed by atoms with E-state index in [0.717, 1.165) is 22.3 Å². The van der Waals surface area contributed by atoms with Gasteiger partial charge in [0.2, 0.25) is 10.0 Å². The van der Waals surface area contributed by atoms with Gasteiger partial charge >= 0.3 is 12.1 Å². The van der Waals surface area contributed by atoms with Crippen LogP contribution in [-0.2, 0) is 35.8 Å². The van der Waals surface area contributed by atoms with Gasteiger partial charge in [-0.1, -0.05) is 35.9 Å². The summed E-state index contributed by atoms with van der Waals surface area (Å²) < 4.78 is 73.2. The van der Waals surface area contributed by atoms with Crippen molar-refractivity contribution in [3.8, 4) is 22.8 Å². The molecule has 0 saturated heterocycles. The first kappa shape index (κ1) is 28.3. The largest absolute Gasteiger partial charge is 0.488 e. The number of carboxylic acid groups (broad SMARTS) is 1. The van der Waals surface area contributed by atoms with E-state index in [2.05, 4.69) is 10.1 Å². The molecule has 0 saturated carbocycles. The number of aromatic nitrogens is 3. The van der Waals surface area contributed by atoms with E-state index in [4.69, 9.17) is 4.74 Å². The standard InChI is InChI=1S/C28H25F3N4O5S/c1-17-6-9-24(40-16-18-7-8-20-15-34(41(2,38)39)11-10-19(20)13-18)21(12-17)23-4-3-5-25(33-23)35-26(28(29,30)31)22(14-32-35)27(36)37/h3-9,12-14H,10-11,15-16H2,1-2H3,(H,36,37). The molecule has 2 aromatic heterocycles. The lowest BCUT2D eigenvalue weighted by atomic mass is 9.98. The monoisotopic (exact) mass is 586 g/mol. The molecule has 1 N–H and O–H groups in total. The van der Waals surface area contributed by atoms with Crippen molar-refractivity contribution in [3.63, 3.8) is 0 Å². The van der Waals surface area contributed by atoms with Gasteiger partial charge in [-0.05, 0) is 54.3 Å². The van der Waals surface area contributed by atoms with E-state index < -0.39 is 33.4 Å². The lowest BCUT2D eigenvalue weighted by Crippen LogP contribution is -2.35. The van der Waals surface area contributed by atoms with Crippen molar-refractivity contribution in [2.75, 3.05) is 12.8 Å². The van der Waals surface area contributed by atoms with Gasteiger partial charge in [-0.25, -0.2) is 22.9 Å². The predicted molar refractivity (Wildman–Crippen MR) is 143 cm³/mol. The molecular formula is C28H25F3N4O5S. The number of halogens is 3. The van der Waals surface area contributed by atoms with Gasteiger partial charge in [0, 0.05) is 18.7 Å². The van der Waals surface area contributed by atoms with Gasteiger partial charge in [0.05, 0.1) is 18.1 Å². The van der Waals surface area contributed by atoms with Gasteiger partial charge in [0.15, 0.2) is 11.5 Å². The summed E-state index contributed by atoms with van der Waals surface area (Å²) in [4.78, 5) is 15.8. The third-order valence-electron chi connectivity index (χ3n) is 6.74. The molecule has 1 aliphatic rings. The number of pyridine rings is 1. The van der Waals surface area contributed by atoms with Gasteiger partial charge in [-0.2, -0.15) is 22.6 Å². The van der Waals surface area contributed by atoms with Crippen LogP contribution in [0.1, 0.15) is 38.3 Å². The molecule has 1 aliphatic heterocycles. The Balaban J connectivity index is 1.43. The first-order valence-corrected chi connectivity index (χ1v) is 14.3. The highest BCUT2D eigenvalue weighted by molar-refractivity contribution is 7.88. The quantitative estimate of drug-likeness (QED) is 0.329. The van der Waals surface area contributed by atoms with E-state index in [-0.39, 0.29) is 12.4 Å². The summed E-state index contributed by atoms with van der Waals surface area (Å²) in [5, 5.41) is 12.9. The van der Waals surface area contributed by atoms with Gasteiger partial charge in [-0.15, -0.1) is 0 Å². The number of carboxylic acids is 1. The second-order valence-electron chi connectivity index (χ2n) is 9.74. The van der Waals surface area contributed by atoms with Crippen molar-refractivity contribution in [1.82, 2.24) is 19.1 Å². The first-order valence-electron chi connectivity index (χ1n) is 12.5. The molecule has 3 heterocycles. The van der Waals surface area contributed by atoms with E-state index in [9.17, 15) is 31.5 Å². The molecular weight excluding hydrogens is 561 g/mol. The minimum atomic E-state index is -4.97. The second kappa shape index (κ2) is 10.6. The fourth-order valence-corrected chi connectivity index (χ4v) is 5.52. The molecule has 0 fully saturated rings. The van der Waals surface area contributed by atoms with Crippen LogP contribution in [0.4, 0.5) is 13.2 Å². The number of aryl methyl sites for hydroxylation is 1. The number of aromatic carboxylic acids is 1. The Morgan fingerprint density at radius 2 is 1.88 bits per heavy atom. The lowest BCUT2D eigenvalue weighted by Gasteiger charge is -2.27. The van der Waals surface area contributed by atoms with Gasteiger partial charge in [0.25, 0.3) is 0 Å². The summed E-state index contributed by atoms with van der Waals surface area (Å²) >= 11 is 0. The van der Waals surface area contributed by atoms with Crippen LogP contribution in [0.25, 0.3) is 17.1 Å². The number of nitrogens with zero attached hydrogens (tertiary/aromatic N) is 4. The molecule has 214 valence electrons. The molecule has 2 aromatic carbocycles. The average molecular weight is 587 g/mol. The second-order valence-corrected chi connectivity index (χ2v) is 11.7. The Morgan fingerprint density at radius 3 is 2.59 bits per heavy atom. The zero-order valence-electron chi connectivity index (χ0n) is 22.0. The maximum atomic E-state index is 13.8. The van der Waals surface area contributed by atoms with E-state index in [1.165, 1.54) is 22.7 Å². The topological polar surface area (TPSA) is 115 Å². The van der Waals surface area contributed by atoms with Crippen LogP contribution < -0.4 is 4.74 Å². The number of ether oxygens (including phenoxy) is 1. The molecule has 0 bridgehead atoms. The number of fused-ring (bicyclic) bond motifs is 1. The zero-order chi connectivity index (χ0) is 29.5. The fourth-order valence-electron chi connectivity index (χ4n) is 4.73. The number of rotatable bonds is 7. The average Bonchev–Trinajstić information content (AvgIpc) is 3.38. The van der Waals surface area contributed by atoms with Gasteiger partial charge in [-0.3, -0.25) is 0 Å². The maximum Gasteiger partial charge on any atom is 0.434 e. The summed E-state index contributed by atoms with van der Waals surface area (Å²) in [6.07, 6.45) is -2.55. The Hall–Kier alpha value is -4.23. The molecule has 0 spiro atoms. The highest BCUT2D eigenvalue weighted by atomic mass is 32.2. The van der Waals surface area contributed by atoms with Gasteiger partial charge < -0.3 is 9.84 Å². The highest BCUT2D eigenvalue weighted by Gasteiger charge is 2.41. The molecule has 13 heteroatoms. The van der Waals surface area contributed by atoms with Crippen LogP contribution in [0.15, 0.2) is 60.8 Å². The first-order chi connectivity index (χ1) is 19.3.